The van der Waals surface area contributed by atoms with Crippen LogP contribution in [0.2, 0.25) is 0 Å². The quantitative estimate of drug-likeness (QED) is 0.913. The van der Waals surface area contributed by atoms with Gasteiger partial charge in [-0.3, -0.25) is 4.72 Å². The van der Waals surface area contributed by atoms with Crippen molar-refractivity contribution in [1.29, 1.82) is 0 Å². The molecule has 1 heterocycles. The zero-order valence-corrected chi connectivity index (χ0v) is 12.7. The molecule has 0 aromatic heterocycles. The molecule has 0 bridgehead atoms. The standard InChI is InChI=1S/C16H20N2O2S/c19-21(20,12-13-5-4-10-17-11-13)18-16-9-3-7-14-6-1-2-8-15(14)16/h1-3,6-9,13,17-18H,4-5,10-12H2. The molecule has 2 aromatic carbocycles. The van der Waals surface area contributed by atoms with E-state index in [1.807, 2.05) is 42.5 Å². The second-order valence-electron chi connectivity index (χ2n) is 5.62. The van der Waals surface area contributed by atoms with Gasteiger partial charge in [-0.1, -0.05) is 36.4 Å². The minimum Gasteiger partial charge on any atom is -0.316 e. The molecule has 1 aliphatic heterocycles. The van der Waals surface area contributed by atoms with Gasteiger partial charge in [-0.2, -0.15) is 0 Å². The van der Waals surface area contributed by atoms with Crippen LogP contribution in [0.4, 0.5) is 5.69 Å². The Labute approximate surface area is 125 Å². The lowest BCUT2D eigenvalue weighted by molar-refractivity contribution is 0.404. The summed E-state index contributed by atoms with van der Waals surface area (Å²) in [6.45, 7) is 1.78. The number of benzene rings is 2. The highest BCUT2D eigenvalue weighted by Gasteiger charge is 2.21. The monoisotopic (exact) mass is 304 g/mol. The number of rotatable bonds is 4. The van der Waals surface area contributed by atoms with E-state index in [4.69, 9.17) is 0 Å². The minimum absolute atomic E-state index is 0.184. The fraction of sp³-hybridized carbons (Fsp3) is 0.375. The smallest absolute Gasteiger partial charge is 0.233 e. The Kier molecular flexibility index (Phi) is 4.12. The molecule has 0 radical (unpaired) electrons. The summed E-state index contributed by atoms with van der Waals surface area (Å²) in [6, 6.07) is 13.5. The van der Waals surface area contributed by atoms with Crippen molar-refractivity contribution < 1.29 is 8.42 Å². The molecule has 5 heteroatoms. The zero-order valence-electron chi connectivity index (χ0n) is 11.9. The topological polar surface area (TPSA) is 58.2 Å². The van der Waals surface area contributed by atoms with Gasteiger partial charge in [0.2, 0.25) is 10.0 Å². The normalized spacial score (nSPS) is 19.5. The van der Waals surface area contributed by atoms with Crippen LogP contribution in [0.15, 0.2) is 42.5 Å². The Balaban J connectivity index is 1.80. The van der Waals surface area contributed by atoms with E-state index in [1.165, 1.54) is 0 Å². The summed E-state index contributed by atoms with van der Waals surface area (Å²) in [4.78, 5) is 0. The minimum atomic E-state index is -3.32. The van der Waals surface area contributed by atoms with E-state index < -0.39 is 10.0 Å². The lowest BCUT2D eigenvalue weighted by Crippen LogP contribution is -2.35. The summed E-state index contributed by atoms with van der Waals surface area (Å²) in [7, 11) is -3.32. The van der Waals surface area contributed by atoms with Crippen molar-refractivity contribution in [3.63, 3.8) is 0 Å². The molecule has 0 saturated carbocycles. The van der Waals surface area contributed by atoms with Crippen LogP contribution in [0.3, 0.4) is 0 Å². The number of nitrogens with one attached hydrogen (secondary N) is 2. The summed E-state index contributed by atoms with van der Waals surface area (Å²) in [5.41, 5.74) is 0.664. The molecule has 0 aliphatic carbocycles. The van der Waals surface area contributed by atoms with Gasteiger partial charge in [0.1, 0.15) is 0 Å². The summed E-state index contributed by atoms with van der Waals surface area (Å²) < 4.78 is 27.5. The van der Waals surface area contributed by atoms with Gasteiger partial charge in [-0.25, -0.2) is 8.42 Å². The fourth-order valence-electron chi connectivity index (χ4n) is 2.90. The second-order valence-corrected chi connectivity index (χ2v) is 7.39. The van der Waals surface area contributed by atoms with Gasteiger partial charge in [0, 0.05) is 5.39 Å². The molecule has 21 heavy (non-hydrogen) atoms. The Morgan fingerprint density at radius 1 is 1.14 bits per heavy atom. The molecule has 1 aliphatic rings. The maximum atomic E-state index is 12.4. The second kappa shape index (κ2) is 6.03. The average Bonchev–Trinajstić information content (AvgIpc) is 2.48. The van der Waals surface area contributed by atoms with E-state index in [1.54, 1.807) is 0 Å². The van der Waals surface area contributed by atoms with Crippen LogP contribution in [-0.4, -0.2) is 27.3 Å². The van der Waals surface area contributed by atoms with E-state index in [-0.39, 0.29) is 11.7 Å². The first-order chi connectivity index (χ1) is 10.1. The van der Waals surface area contributed by atoms with Crippen LogP contribution in [-0.2, 0) is 10.0 Å². The Morgan fingerprint density at radius 2 is 1.95 bits per heavy atom. The van der Waals surface area contributed by atoms with Gasteiger partial charge in [0.05, 0.1) is 11.4 Å². The Hall–Kier alpha value is -1.59. The van der Waals surface area contributed by atoms with Gasteiger partial charge in [-0.15, -0.1) is 0 Å². The van der Waals surface area contributed by atoms with Crippen LogP contribution < -0.4 is 10.0 Å². The number of anilines is 1. The first-order valence-corrected chi connectivity index (χ1v) is 8.98. The maximum Gasteiger partial charge on any atom is 0.233 e. The summed E-state index contributed by atoms with van der Waals surface area (Å²) >= 11 is 0. The van der Waals surface area contributed by atoms with E-state index >= 15 is 0 Å². The zero-order chi connectivity index (χ0) is 14.7. The number of hydrogen-bond donors (Lipinski definition) is 2. The van der Waals surface area contributed by atoms with Crippen molar-refractivity contribution in [3.8, 4) is 0 Å². The van der Waals surface area contributed by atoms with Crippen molar-refractivity contribution in [2.24, 2.45) is 5.92 Å². The van der Waals surface area contributed by atoms with Gasteiger partial charge in [0.25, 0.3) is 0 Å². The third-order valence-corrected chi connectivity index (χ3v) is 5.35. The van der Waals surface area contributed by atoms with Crippen molar-refractivity contribution in [1.82, 2.24) is 5.32 Å². The molecule has 1 fully saturated rings. The van der Waals surface area contributed by atoms with Crippen LogP contribution >= 0.6 is 0 Å². The van der Waals surface area contributed by atoms with Gasteiger partial charge in [0.15, 0.2) is 0 Å². The van der Waals surface area contributed by atoms with Crippen LogP contribution in [0.1, 0.15) is 12.8 Å². The Morgan fingerprint density at radius 3 is 2.76 bits per heavy atom. The lowest BCUT2D eigenvalue weighted by Gasteiger charge is -2.22. The molecule has 0 amide bonds. The first-order valence-electron chi connectivity index (χ1n) is 7.33. The molecule has 4 nitrogen and oxygen atoms in total. The third kappa shape index (κ3) is 3.54. The SMILES string of the molecule is O=S(=O)(CC1CCCNC1)Nc1cccc2ccccc12. The molecule has 1 saturated heterocycles. The predicted molar refractivity (Wildman–Crippen MR) is 87.0 cm³/mol. The largest absolute Gasteiger partial charge is 0.316 e. The molecule has 3 rings (SSSR count). The molecule has 2 N–H and O–H groups in total. The summed E-state index contributed by atoms with van der Waals surface area (Å²) in [5.74, 6) is 0.384. The number of sulfonamides is 1. The van der Waals surface area contributed by atoms with Crippen molar-refractivity contribution in [2.45, 2.75) is 12.8 Å². The molecular formula is C16H20N2O2S. The Bertz CT molecular complexity index is 717. The highest BCUT2D eigenvalue weighted by Crippen LogP contribution is 2.24. The number of piperidine rings is 1. The van der Waals surface area contributed by atoms with Crippen LogP contribution in [0, 0.1) is 5.92 Å². The van der Waals surface area contributed by atoms with Crippen LogP contribution in [0.25, 0.3) is 10.8 Å². The summed E-state index contributed by atoms with van der Waals surface area (Å²) in [6.07, 6.45) is 2.03. The van der Waals surface area contributed by atoms with E-state index in [2.05, 4.69) is 10.0 Å². The van der Waals surface area contributed by atoms with E-state index in [0.717, 1.165) is 36.7 Å². The fourth-order valence-corrected chi connectivity index (χ4v) is 4.40. The van der Waals surface area contributed by atoms with E-state index in [9.17, 15) is 8.42 Å². The molecule has 1 atom stereocenters. The van der Waals surface area contributed by atoms with Crippen molar-refractivity contribution >= 4 is 26.5 Å². The number of fused-ring (bicyclic) bond motifs is 1. The summed E-state index contributed by atoms with van der Waals surface area (Å²) in [5, 5.41) is 5.23. The highest BCUT2D eigenvalue weighted by atomic mass is 32.2. The highest BCUT2D eigenvalue weighted by molar-refractivity contribution is 7.92. The van der Waals surface area contributed by atoms with Crippen molar-refractivity contribution in [2.75, 3.05) is 23.6 Å². The molecular weight excluding hydrogens is 284 g/mol. The van der Waals surface area contributed by atoms with E-state index in [0.29, 0.717) is 5.69 Å². The third-order valence-electron chi connectivity index (χ3n) is 3.91. The molecule has 0 spiro atoms. The molecule has 112 valence electrons. The van der Waals surface area contributed by atoms with Crippen molar-refractivity contribution in [3.05, 3.63) is 42.5 Å². The van der Waals surface area contributed by atoms with Gasteiger partial charge < -0.3 is 5.32 Å². The van der Waals surface area contributed by atoms with Crippen LogP contribution in [0.5, 0.6) is 0 Å². The molecule has 2 aromatic rings. The number of hydrogen-bond acceptors (Lipinski definition) is 3. The average molecular weight is 304 g/mol. The lowest BCUT2D eigenvalue weighted by atomic mass is 10.0. The predicted octanol–water partition coefficient (Wildman–Crippen LogP) is 2.58. The first kappa shape index (κ1) is 14.4. The maximum absolute atomic E-state index is 12.4. The molecule has 1 unspecified atom stereocenters. The van der Waals surface area contributed by atoms with Gasteiger partial charge in [-0.05, 0) is 43.3 Å². The van der Waals surface area contributed by atoms with Gasteiger partial charge >= 0.3 is 0 Å².